The number of hydrogen-bond donors (Lipinski definition) is 0. The molecule has 1 unspecified atom stereocenters. The highest BCUT2D eigenvalue weighted by atomic mass is 14.7. The van der Waals surface area contributed by atoms with Gasteiger partial charge in [0.2, 0.25) is 0 Å². The van der Waals surface area contributed by atoms with Crippen molar-refractivity contribution in [3.63, 3.8) is 0 Å². The van der Waals surface area contributed by atoms with Gasteiger partial charge in [-0.2, -0.15) is 0 Å². The van der Waals surface area contributed by atoms with Crippen molar-refractivity contribution in [3.8, 4) is 0 Å². The number of aromatic nitrogens is 1. The Balaban J connectivity index is 1.83. The largest absolute Gasteiger partial charge is 0.261 e. The van der Waals surface area contributed by atoms with Crippen LogP contribution in [0.3, 0.4) is 0 Å². The molecule has 0 amide bonds. The fraction of sp³-hybridized carbons (Fsp3) is 0.722. The van der Waals surface area contributed by atoms with Gasteiger partial charge in [-0.1, -0.05) is 64.9 Å². The summed E-state index contributed by atoms with van der Waals surface area (Å²) in [7, 11) is 0. The zero-order chi connectivity index (χ0) is 13.5. The molecule has 1 nitrogen and oxygen atoms in total. The van der Waals surface area contributed by atoms with Crippen molar-refractivity contribution in [1.29, 1.82) is 0 Å². The first-order valence-electron chi connectivity index (χ1n) is 8.21. The molecule has 1 fully saturated rings. The highest BCUT2D eigenvalue weighted by Gasteiger charge is 2.14. The van der Waals surface area contributed by atoms with E-state index in [4.69, 9.17) is 0 Å². The van der Waals surface area contributed by atoms with Crippen LogP contribution < -0.4 is 0 Å². The maximum atomic E-state index is 4.69. The van der Waals surface area contributed by atoms with Crippen LogP contribution in [-0.4, -0.2) is 4.98 Å². The minimum absolute atomic E-state index is 0.788. The number of pyridine rings is 1. The van der Waals surface area contributed by atoms with Crippen LogP contribution in [0, 0.1) is 11.8 Å². The van der Waals surface area contributed by atoms with Gasteiger partial charge in [0.25, 0.3) is 0 Å². The van der Waals surface area contributed by atoms with E-state index in [2.05, 4.69) is 37.2 Å². The number of rotatable bonds is 6. The van der Waals surface area contributed by atoms with Gasteiger partial charge in [0, 0.05) is 11.9 Å². The Hall–Kier alpha value is -0.850. The third kappa shape index (κ3) is 4.97. The minimum atomic E-state index is 0.788. The van der Waals surface area contributed by atoms with Crippen molar-refractivity contribution in [2.75, 3.05) is 0 Å². The zero-order valence-electron chi connectivity index (χ0n) is 12.7. The van der Waals surface area contributed by atoms with Crippen LogP contribution >= 0.6 is 0 Å². The van der Waals surface area contributed by atoms with Crippen LogP contribution in [-0.2, 0) is 12.8 Å². The molecule has 0 radical (unpaired) electrons. The molecule has 1 aliphatic rings. The summed E-state index contributed by atoms with van der Waals surface area (Å²) in [5, 5.41) is 0. The average Bonchev–Trinajstić information content (AvgIpc) is 2.42. The molecule has 0 saturated heterocycles. The molecule has 1 heterocycles. The van der Waals surface area contributed by atoms with Gasteiger partial charge in [0.05, 0.1) is 0 Å². The molecule has 1 aromatic heterocycles. The Morgan fingerprint density at radius 1 is 1.21 bits per heavy atom. The van der Waals surface area contributed by atoms with Gasteiger partial charge in [0.15, 0.2) is 0 Å². The van der Waals surface area contributed by atoms with Crippen molar-refractivity contribution >= 4 is 0 Å². The zero-order valence-corrected chi connectivity index (χ0v) is 12.7. The summed E-state index contributed by atoms with van der Waals surface area (Å²) >= 11 is 0. The molecule has 0 aromatic carbocycles. The van der Waals surface area contributed by atoms with E-state index in [-0.39, 0.29) is 0 Å². The second-order valence-corrected chi connectivity index (χ2v) is 6.46. The molecule has 0 spiro atoms. The highest BCUT2D eigenvalue weighted by molar-refractivity contribution is 5.15. The fourth-order valence-corrected chi connectivity index (χ4v) is 3.38. The van der Waals surface area contributed by atoms with E-state index in [0.29, 0.717) is 0 Å². The van der Waals surface area contributed by atoms with E-state index < -0.39 is 0 Å². The third-order valence-electron chi connectivity index (χ3n) is 4.47. The lowest BCUT2D eigenvalue weighted by Gasteiger charge is -2.21. The van der Waals surface area contributed by atoms with Crippen molar-refractivity contribution in [2.24, 2.45) is 11.8 Å². The van der Waals surface area contributed by atoms with E-state index in [1.165, 1.54) is 69.0 Å². The average molecular weight is 259 g/mol. The first-order chi connectivity index (χ1) is 9.28. The van der Waals surface area contributed by atoms with Crippen LogP contribution in [0.15, 0.2) is 18.3 Å². The van der Waals surface area contributed by atoms with Gasteiger partial charge in [0.1, 0.15) is 0 Å². The van der Waals surface area contributed by atoms with E-state index in [1.54, 1.807) is 0 Å². The first-order valence-corrected chi connectivity index (χ1v) is 8.21. The first kappa shape index (κ1) is 14.6. The maximum absolute atomic E-state index is 4.69. The molecule has 1 atom stereocenters. The van der Waals surface area contributed by atoms with Crippen LogP contribution in [0.5, 0.6) is 0 Å². The molecule has 1 aromatic rings. The fourth-order valence-electron chi connectivity index (χ4n) is 3.38. The minimum Gasteiger partial charge on any atom is -0.261 e. The molecule has 1 heteroatoms. The molecule has 0 bridgehead atoms. The lowest BCUT2D eigenvalue weighted by molar-refractivity contribution is 0.354. The Labute approximate surface area is 118 Å². The van der Waals surface area contributed by atoms with Gasteiger partial charge < -0.3 is 0 Å². The molecule has 0 aliphatic heterocycles. The topological polar surface area (TPSA) is 12.9 Å². The van der Waals surface area contributed by atoms with E-state index in [1.807, 2.05) is 0 Å². The van der Waals surface area contributed by atoms with Crippen LogP contribution in [0.4, 0.5) is 0 Å². The molecule has 2 rings (SSSR count). The molecular weight excluding hydrogens is 230 g/mol. The monoisotopic (exact) mass is 259 g/mol. The SMILES string of the molecule is CCCC(C)Cc1ccc(CC2CCCCC2)nc1. The molecule has 106 valence electrons. The summed E-state index contributed by atoms with van der Waals surface area (Å²) < 4.78 is 0. The van der Waals surface area contributed by atoms with E-state index in [9.17, 15) is 0 Å². The van der Waals surface area contributed by atoms with Gasteiger partial charge in [-0.15, -0.1) is 0 Å². The summed E-state index contributed by atoms with van der Waals surface area (Å²) in [4.78, 5) is 4.69. The highest BCUT2D eigenvalue weighted by Crippen LogP contribution is 2.26. The lowest BCUT2D eigenvalue weighted by Crippen LogP contribution is -2.10. The van der Waals surface area contributed by atoms with E-state index >= 15 is 0 Å². The van der Waals surface area contributed by atoms with Gasteiger partial charge in [-0.25, -0.2) is 0 Å². The molecule has 19 heavy (non-hydrogen) atoms. The van der Waals surface area contributed by atoms with Crippen molar-refractivity contribution < 1.29 is 0 Å². The molecule has 1 saturated carbocycles. The third-order valence-corrected chi connectivity index (χ3v) is 4.47. The molecular formula is C18H29N. The number of hydrogen-bond acceptors (Lipinski definition) is 1. The molecule has 0 N–H and O–H groups in total. The van der Waals surface area contributed by atoms with Crippen molar-refractivity contribution in [3.05, 3.63) is 29.6 Å². The summed E-state index contributed by atoms with van der Waals surface area (Å²) in [5.74, 6) is 1.68. The Kier molecular flexibility index (Phi) is 5.88. The van der Waals surface area contributed by atoms with Crippen LogP contribution in [0.1, 0.15) is 70.1 Å². The lowest BCUT2D eigenvalue weighted by atomic mass is 9.86. The van der Waals surface area contributed by atoms with Gasteiger partial charge in [-0.05, 0) is 36.3 Å². The Bertz CT molecular complexity index is 348. The van der Waals surface area contributed by atoms with E-state index in [0.717, 1.165) is 11.8 Å². The van der Waals surface area contributed by atoms with Crippen LogP contribution in [0.25, 0.3) is 0 Å². The summed E-state index contributed by atoms with van der Waals surface area (Å²) in [6.45, 7) is 4.61. The second-order valence-electron chi connectivity index (χ2n) is 6.46. The van der Waals surface area contributed by atoms with Gasteiger partial charge >= 0.3 is 0 Å². The predicted molar refractivity (Wildman–Crippen MR) is 82.3 cm³/mol. The standard InChI is InChI=1S/C18H29N/c1-3-7-15(2)12-17-10-11-18(19-14-17)13-16-8-5-4-6-9-16/h10-11,14-16H,3-9,12-13H2,1-2H3. The summed E-state index contributed by atoms with van der Waals surface area (Å²) in [6, 6.07) is 4.57. The Morgan fingerprint density at radius 2 is 2.00 bits per heavy atom. The predicted octanol–water partition coefficient (Wildman–Crippen LogP) is 5.18. The molecule has 1 aliphatic carbocycles. The summed E-state index contributed by atoms with van der Waals surface area (Å²) in [6.07, 6.45) is 14.2. The van der Waals surface area contributed by atoms with Crippen molar-refractivity contribution in [2.45, 2.75) is 71.6 Å². The quantitative estimate of drug-likeness (QED) is 0.685. The van der Waals surface area contributed by atoms with Crippen molar-refractivity contribution in [1.82, 2.24) is 4.98 Å². The normalized spacial score (nSPS) is 18.4. The van der Waals surface area contributed by atoms with Crippen LogP contribution in [0.2, 0.25) is 0 Å². The van der Waals surface area contributed by atoms with Gasteiger partial charge in [-0.3, -0.25) is 4.98 Å². The number of nitrogens with zero attached hydrogens (tertiary/aromatic N) is 1. The summed E-state index contributed by atoms with van der Waals surface area (Å²) in [5.41, 5.74) is 2.71. The second kappa shape index (κ2) is 7.67. The maximum Gasteiger partial charge on any atom is 0.0406 e. The smallest absolute Gasteiger partial charge is 0.0406 e. The Morgan fingerprint density at radius 3 is 2.63 bits per heavy atom.